The van der Waals surface area contributed by atoms with Crippen molar-refractivity contribution in [1.29, 1.82) is 0 Å². The maximum absolute atomic E-state index is 6.10. The Morgan fingerprint density at radius 2 is 2.12 bits per heavy atom. The van der Waals surface area contributed by atoms with Crippen molar-refractivity contribution in [2.75, 3.05) is 27.2 Å². The number of nitrogens with two attached hydrogens (primary N) is 1. The van der Waals surface area contributed by atoms with Crippen LogP contribution < -0.4 is 5.73 Å². The van der Waals surface area contributed by atoms with E-state index in [1.54, 1.807) is 0 Å². The fraction of sp³-hybridized carbons (Fsp3) is 1.00. The standard InChI is InChI=1S/C13H27N3/c1-11-9-13(10-14,7-8-15(11)2)16(3)12-5-4-6-12/h11-12H,4-10,14H2,1-3H3. The normalized spacial score (nSPS) is 37.7. The largest absolute Gasteiger partial charge is 0.329 e. The van der Waals surface area contributed by atoms with Gasteiger partial charge >= 0.3 is 0 Å². The molecule has 0 amide bonds. The second-order valence-electron chi connectivity index (χ2n) is 5.91. The number of hydrogen-bond acceptors (Lipinski definition) is 3. The van der Waals surface area contributed by atoms with Gasteiger partial charge in [-0.2, -0.15) is 0 Å². The molecular weight excluding hydrogens is 198 g/mol. The zero-order chi connectivity index (χ0) is 11.8. The van der Waals surface area contributed by atoms with Gasteiger partial charge in [0.25, 0.3) is 0 Å². The van der Waals surface area contributed by atoms with Crippen LogP contribution >= 0.6 is 0 Å². The lowest BCUT2D eigenvalue weighted by Crippen LogP contribution is -2.63. The van der Waals surface area contributed by atoms with Gasteiger partial charge in [-0.05, 0) is 53.2 Å². The highest BCUT2D eigenvalue weighted by Crippen LogP contribution is 2.36. The summed E-state index contributed by atoms with van der Waals surface area (Å²) < 4.78 is 0. The number of likely N-dealkylation sites (N-methyl/N-ethyl adjacent to an activating group) is 1. The fourth-order valence-electron chi connectivity index (χ4n) is 3.22. The number of likely N-dealkylation sites (tertiary alicyclic amines) is 1. The monoisotopic (exact) mass is 225 g/mol. The summed E-state index contributed by atoms with van der Waals surface area (Å²) in [4.78, 5) is 5.07. The molecule has 3 heteroatoms. The Hall–Kier alpha value is -0.120. The molecule has 1 aliphatic heterocycles. The first-order chi connectivity index (χ1) is 7.59. The molecule has 1 saturated heterocycles. The Morgan fingerprint density at radius 1 is 1.44 bits per heavy atom. The van der Waals surface area contributed by atoms with E-state index in [1.807, 2.05) is 0 Å². The van der Waals surface area contributed by atoms with Crippen molar-refractivity contribution in [2.24, 2.45) is 5.73 Å². The third-order valence-corrected chi connectivity index (χ3v) is 5.11. The van der Waals surface area contributed by atoms with Gasteiger partial charge < -0.3 is 10.6 Å². The minimum absolute atomic E-state index is 0.275. The Labute approximate surface area is 100.0 Å². The second kappa shape index (κ2) is 4.63. The van der Waals surface area contributed by atoms with Crippen molar-refractivity contribution in [2.45, 2.75) is 56.7 Å². The lowest BCUT2D eigenvalue weighted by atomic mass is 9.79. The molecule has 2 unspecified atom stereocenters. The van der Waals surface area contributed by atoms with Gasteiger partial charge in [0.05, 0.1) is 0 Å². The molecule has 0 aromatic carbocycles. The Kier molecular flexibility index (Phi) is 3.57. The average molecular weight is 225 g/mol. The number of hydrogen-bond donors (Lipinski definition) is 1. The van der Waals surface area contributed by atoms with E-state index in [0.717, 1.165) is 12.6 Å². The topological polar surface area (TPSA) is 32.5 Å². The molecule has 94 valence electrons. The molecule has 2 N–H and O–H groups in total. The van der Waals surface area contributed by atoms with Crippen LogP contribution in [0, 0.1) is 0 Å². The van der Waals surface area contributed by atoms with E-state index < -0.39 is 0 Å². The highest BCUT2D eigenvalue weighted by atomic mass is 15.3. The number of nitrogens with zero attached hydrogens (tertiary/aromatic N) is 2. The predicted octanol–water partition coefficient (Wildman–Crippen LogP) is 1.28. The van der Waals surface area contributed by atoms with Crippen molar-refractivity contribution < 1.29 is 0 Å². The molecule has 1 heterocycles. The molecule has 2 aliphatic rings. The molecule has 1 saturated carbocycles. The van der Waals surface area contributed by atoms with Gasteiger partial charge in [-0.15, -0.1) is 0 Å². The molecule has 2 rings (SSSR count). The lowest BCUT2D eigenvalue weighted by Gasteiger charge is -2.53. The van der Waals surface area contributed by atoms with Crippen LogP contribution in [0.2, 0.25) is 0 Å². The van der Waals surface area contributed by atoms with Crippen LogP contribution in [0.15, 0.2) is 0 Å². The lowest BCUT2D eigenvalue weighted by molar-refractivity contribution is -0.0193. The van der Waals surface area contributed by atoms with E-state index in [2.05, 4.69) is 30.8 Å². The summed E-state index contributed by atoms with van der Waals surface area (Å²) in [7, 11) is 4.53. The summed E-state index contributed by atoms with van der Waals surface area (Å²) >= 11 is 0. The third-order valence-electron chi connectivity index (χ3n) is 5.11. The van der Waals surface area contributed by atoms with Crippen LogP contribution in [0.25, 0.3) is 0 Å². The molecule has 16 heavy (non-hydrogen) atoms. The van der Waals surface area contributed by atoms with Crippen molar-refractivity contribution in [1.82, 2.24) is 9.80 Å². The summed E-state index contributed by atoms with van der Waals surface area (Å²) in [5, 5.41) is 0. The van der Waals surface area contributed by atoms with Gasteiger partial charge in [0.1, 0.15) is 0 Å². The molecule has 3 nitrogen and oxygen atoms in total. The predicted molar refractivity (Wildman–Crippen MR) is 68.5 cm³/mol. The SMILES string of the molecule is CC1CC(CN)(N(C)C2CCC2)CCN1C. The fourth-order valence-corrected chi connectivity index (χ4v) is 3.22. The Balaban J connectivity index is 2.06. The van der Waals surface area contributed by atoms with E-state index in [1.165, 1.54) is 38.6 Å². The zero-order valence-electron chi connectivity index (χ0n) is 11.1. The molecular formula is C13H27N3. The highest BCUT2D eigenvalue weighted by molar-refractivity contribution is 5.00. The summed E-state index contributed by atoms with van der Waals surface area (Å²) in [5.74, 6) is 0. The first-order valence-electron chi connectivity index (χ1n) is 6.72. The maximum atomic E-state index is 6.10. The Morgan fingerprint density at radius 3 is 2.56 bits per heavy atom. The number of rotatable bonds is 3. The molecule has 0 aromatic heterocycles. The van der Waals surface area contributed by atoms with Crippen molar-refractivity contribution in [3.63, 3.8) is 0 Å². The van der Waals surface area contributed by atoms with Gasteiger partial charge in [-0.25, -0.2) is 0 Å². The summed E-state index contributed by atoms with van der Waals surface area (Å²) in [6, 6.07) is 1.47. The van der Waals surface area contributed by atoms with E-state index in [-0.39, 0.29) is 5.54 Å². The van der Waals surface area contributed by atoms with Crippen LogP contribution in [0.4, 0.5) is 0 Å². The minimum atomic E-state index is 0.275. The zero-order valence-corrected chi connectivity index (χ0v) is 11.1. The summed E-state index contributed by atoms with van der Waals surface area (Å²) in [5.41, 5.74) is 6.38. The molecule has 0 radical (unpaired) electrons. The molecule has 2 fully saturated rings. The summed E-state index contributed by atoms with van der Waals surface area (Å²) in [6.07, 6.45) is 6.63. The molecule has 1 aliphatic carbocycles. The number of piperidine rings is 1. The quantitative estimate of drug-likeness (QED) is 0.785. The maximum Gasteiger partial charge on any atom is 0.0358 e. The smallest absolute Gasteiger partial charge is 0.0358 e. The second-order valence-corrected chi connectivity index (χ2v) is 5.91. The van der Waals surface area contributed by atoms with Crippen LogP contribution in [-0.2, 0) is 0 Å². The first kappa shape index (κ1) is 12.3. The van der Waals surface area contributed by atoms with Crippen LogP contribution in [0.5, 0.6) is 0 Å². The molecule has 0 spiro atoms. The third kappa shape index (κ3) is 2.01. The van der Waals surface area contributed by atoms with Crippen molar-refractivity contribution in [3.8, 4) is 0 Å². The minimum Gasteiger partial charge on any atom is -0.329 e. The van der Waals surface area contributed by atoms with Gasteiger partial charge in [-0.1, -0.05) is 6.42 Å². The van der Waals surface area contributed by atoms with Gasteiger partial charge in [0, 0.05) is 24.2 Å². The van der Waals surface area contributed by atoms with Crippen molar-refractivity contribution in [3.05, 3.63) is 0 Å². The van der Waals surface area contributed by atoms with Crippen molar-refractivity contribution >= 4 is 0 Å². The van der Waals surface area contributed by atoms with E-state index in [9.17, 15) is 0 Å². The first-order valence-corrected chi connectivity index (χ1v) is 6.72. The van der Waals surface area contributed by atoms with Crippen LogP contribution in [0.3, 0.4) is 0 Å². The van der Waals surface area contributed by atoms with Gasteiger partial charge in [-0.3, -0.25) is 4.90 Å². The van der Waals surface area contributed by atoms with Crippen LogP contribution in [-0.4, -0.2) is 54.6 Å². The van der Waals surface area contributed by atoms with E-state index in [4.69, 9.17) is 5.73 Å². The molecule has 2 atom stereocenters. The molecule has 0 bridgehead atoms. The van der Waals surface area contributed by atoms with Gasteiger partial charge in [0.2, 0.25) is 0 Å². The van der Waals surface area contributed by atoms with Gasteiger partial charge in [0.15, 0.2) is 0 Å². The highest BCUT2D eigenvalue weighted by Gasteiger charge is 2.42. The molecule has 0 aromatic rings. The Bertz CT molecular complexity index is 239. The van der Waals surface area contributed by atoms with E-state index >= 15 is 0 Å². The summed E-state index contributed by atoms with van der Waals surface area (Å²) in [6.45, 7) is 4.34. The average Bonchev–Trinajstić information content (AvgIpc) is 2.20. The van der Waals surface area contributed by atoms with Crippen LogP contribution in [0.1, 0.15) is 39.0 Å². The van der Waals surface area contributed by atoms with E-state index in [0.29, 0.717) is 6.04 Å².